The third-order valence-corrected chi connectivity index (χ3v) is 6.33. The van der Waals surface area contributed by atoms with E-state index in [1.807, 2.05) is 30.9 Å². The highest BCUT2D eigenvalue weighted by atomic mass is 16.5. The van der Waals surface area contributed by atoms with Gasteiger partial charge in [-0.15, -0.1) is 0 Å². The third kappa shape index (κ3) is 5.99. The maximum atomic E-state index is 13.2. The van der Waals surface area contributed by atoms with E-state index < -0.39 is 0 Å². The van der Waals surface area contributed by atoms with Crippen molar-refractivity contribution in [3.05, 3.63) is 88.4 Å². The van der Waals surface area contributed by atoms with Crippen LogP contribution in [0.2, 0.25) is 0 Å². The average molecular weight is 489 g/mol. The van der Waals surface area contributed by atoms with Crippen molar-refractivity contribution >= 4 is 11.8 Å². The van der Waals surface area contributed by atoms with E-state index in [-0.39, 0.29) is 36.3 Å². The number of carbonyl (C=O) groups excluding carboxylic acids is 2. The number of rotatable bonds is 8. The van der Waals surface area contributed by atoms with Crippen LogP contribution in [-0.2, 0) is 17.8 Å². The van der Waals surface area contributed by atoms with Gasteiger partial charge >= 0.3 is 0 Å². The number of aryl methyl sites for hydroxylation is 1. The van der Waals surface area contributed by atoms with E-state index in [1.165, 1.54) is 11.1 Å². The van der Waals surface area contributed by atoms with Gasteiger partial charge in [0.1, 0.15) is 18.1 Å². The highest BCUT2D eigenvalue weighted by molar-refractivity contribution is 5.91. The van der Waals surface area contributed by atoms with Gasteiger partial charge in [-0.3, -0.25) is 9.59 Å². The summed E-state index contributed by atoms with van der Waals surface area (Å²) in [6.07, 6.45) is 1.34. The van der Waals surface area contributed by atoms with Crippen LogP contribution in [-0.4, -0.2) is 29.3 Å². The highest BCUT2D eigenvalue weighted by Gasteiger charge is 2.32. The molecule has 0 unspecified atom stereocenters. The van der Waals surface area contributed by atoms with E-state index >= 15 is 0 Å². The lowest BCUT2D eigenvalue weighted by atomic mass is 9.87. The van der Waals surface area contributed by atoms with E-state index in [0.717, 1.165) is 17.5 Å². The summed E-state index contributed by atoms with van der Waals surface area (Å²) in [5, 5.41) is 2.82. The minimum atomic E-state index is -0.239. The maximum absolute atomic E-state index is 13.2. The second-order valence-electron chi connectivity index (χ2n) is 10.3. The van der Waals surface area contributed by atoms with Gasteiger partial charge in [-0.05, 0) is 74.1 Å². The fraction of sp³-hybridized carbons (Fsp3) is 0.400. The number of furan rings is 1. The molecule has 6 nitrogen and oxygen atoms in total. The van der Waals surface area contributed by atoms with Gasteiger partial charge in [-0.25, -0.2) is 0 Å². The maximum Gasteiger partial charge on any atom is 0.287 e. The van der Waals surface area contributed by atoms with Gasteiger partial charge in [-0.2, -0.15) is 0 Å². The Hall–Kier alpha value is -3.54. The number of amides is 2. The summed E-state index contributed by atoms with van der Waals surface area (Å²) in [6.45, 7) is 10.9. The summed E-state index contributed by atoms with van der Waals surface area (Å²) >= 11 is 0. The van der Waals surface area contributed by atoms with E-state index in [4.69, 9.17) is 9.15 Å². The number of ether oxygens (including phenoxy) is 1. The zero-order valence-corrected chi connectivity index (χ0v) is 21.8. The normalized spacial score (nSPS) is 15.2. The first-order valence-corrected chi connectivity index (χ1v) is 12.7. The van der Waals surface area contributed by atoms with E-state index in [0.29, 0.717) is 30.4 Å². The lowest BCUT2D eigenvalue weighted by molar-refractivity contribution is -0.134. The standard InChI is InChI=1S/C30H36N2O4/c1-19(2)16-28(33)32-15-14-22-10-11-24(17-26(22)29(32)23-8-6-21(5)7-9-23)35-18-25-12-13-27(36-25)30(34)31-20(3)4/h6-13,17,19-20,29H,14-16,18H2,1-5H3,(H,31,34)/t29-/m0/s1. The second kappa shape index (κ2) is 11.0. The van der Waals surface area contributed by atoms with Crippen LogP contribution in [0.15, 0.2) is 59.0 Å². The molecular weight excluding hydrogens is 452 g/mol. The van der Waals surface area contributed by atoms with Gasteiger partial charge < -0.3 is 19.4 Å². The summed E-state index contributed by atoms with van der Waals surface area (Å²) in [5.41, 5.74) is 4.61. The molecular formula is C30H36N2O4. The van der Waals surface area contributed by atoms with Gasteiger partial charge in [0, 0.05) is 19.0 Å². The van der Waals surface area contributed by atoms with Crippen molar-refractivity contribution in [2.75, 3.05) is 6.54 Å². The Morgan fingerprint density at radius 2 is 1.81 bits per heavy atom. The van der Waals surface area contributed by atoms with Crippen LogP contribution >= 0.6 is 0 Å². The van der Waals surface area contributed by atoms with Crippen molar-refractivity contribution in [3.63, 3.8) is 0 Å². The Kier molecular flexibility index (Phi) is 7.82. The highest BCUT2D eigenvalue weighted by Crippen LogP contribution is 2.38. The van der Waals surface area contributed by atoms with Crippen molar-refractivity contribution < 1.29 is 18.7 Å². The minimum absolute atomic E-state index is 0.0336. The molecule has 0 bridgehead atoms. The number of hydrogen-bond acceptors (Lipinski definition) is 4. The first-order valence-electron chi connectivity index (χ1n) is 12.7. The molecule has 1 aliphatic rings. The van der Waals surface area contributed by atoms with E-state index in [9.17, 15) is 9.59 Å². The number of nitrogens with one attached hydrogen (secondary N) is 1. The van der Waals surface area contributed by atoms with Crippen LogP contribution in [0.1, 0.15) is 78.7 Å². The molecule has 1 aromatic heterocycles. The van der Waals surface area contributed by atoms with Crippen molar-refractivity contribution in [1.29, 1.82) is 0 Å². The lowest BCUT2D eigenvalue weighted by Gasteiger charge is -2.38. The summed E-state index contributed by atoms with van der Waals surface area (Å²) in [4.78, 5) is 27.4. The van der Waals surface area contributed by atoms with Crippen molar-refractivity contribution in [2.45, 2.75) is 66.2 Å². The van der Waals surface area contributed by atoms with Crippen molar-refractivity contribution in [3.8, 4) is 5.75 Å². The minimum Gasteiger partial charge on any atom is -0.486 e. The Morgan fingerprint density at radius 1 is 1.06 bits per heavy atom. The molecule has 0 aliphatic carbocycles. The molecule has 2 heterocycles. The number of fused-ring (bicyclic) bond motifs is 1. The van der Waals surface area contributed by atoms with Crippen LogP contribution in [0.25, 0.3) is 0 Å². The molecule has 0 radical (unpaired) electrons. The first kappa shape index (κ1) is 25.5. The number of benzene rings is 2. The summed E-state index contributed by atoms with van der Waals surface area (Å²) < 4.78 is 11.7. The average Bonchev–Trinajstić information content (AvgIpc) is 3.31. The molecule has 3 aromatic rings. The first-order chi connectivity index (χ1) is 17.2. The van der Waals surface area contributed by atoms with Crippen LogP contribution in [0.5, 0.6) is 5.75 Å². The zero-order chi connectivity index (χ0) is 25.8. The second-order valence-corrected chi connectivity index (χ2v) is 10.3. The Balaban J connectivity index is 1.58. The topological polar surface area (TPSA) is 71.8 Å². The smallest absolute Gasteiger partial charge is 0.287 e. The Labute approximate surface area is 213 Å². The summed E-state index contributed by atoms with van der Waals surface area (Å²) in [6, 6.07) is 17.8. The predicted molar refractivity (Wildman–Crippen MR) is 140 cm³/mol. The molecule has 2 aromatic carbocycles. The van der Waals surface area contributed by atoms with Gasteiger partial charge in [-0.1, -0.05) is 49.7 Å². The molecule has 0 fully saturated rings. The number of carbonyl (C=O) groups is 2. The van der Waals surface area contributed by atoms with Crippen LogP contribution in [0.4, 0.5) is 0 Å². The van der Waals surface area contributed by atoms with Crippen molar-refractivity contribution in [1.82, 2.24) is 10.2 Å². The molecule has 1 aliphatic heterocycles. The van der Waals surface area contributed by atoms with Crippen molar-refractivity contribution in [2.24, 2.45) is 5.92 Å². The molecule has 4 rings (SSSR count). The fourth-order valence-electron chi connectivity index (χ4n) is 4.59. The van der Waals surface area contributed by atoms with Crippen LogP contribution in [0.3, 0.4) is 0 Å². The van der Waals surface area contributed by atoms with Crippen LogP contribution in [0, 0.1) is 12.8 Å². The van der Waals surface area contributed by atoms with Crippen LogP contribution < -0.4 is 10.1 Å². The van der Waals surface area contributed by atoms with Gasteiger partial charge in [0.05, 0.1) is 6.04 Å². The SMILES string of the molecule is Cc1ccc([C@H]2c3cc(OCc4ccc(C(=O)NC(C)C)o4)ccc3CCN2C(=O)CC(C)C)cc1. The van der Waals surface area contributed by atoms with Gasteiger partial charge in [0.15, 0.2) is 5.76 Å². The van der Waals surface area contributed by atoms with E-state index in [1.54, 1.807) is 12.1 Å². The summed E-state index contributed by atoms with van der Waals surface area (Å²) in [5.74, 6) is 1.78. The van der Waals surface area contributed by atoms with E-state index in [2.05, 4.69) is 56.4 Å². The molecule has 0 saturated carbocycles. The molecule has 1 atom stereocenters. The molecule has 0 spiro atoms. The van der Waals surface area contributed by atoms with Gasteiger partial charge in [0.25, 0.3) is 5.91 Å². The molecule has 0 saturated heterocycles. The molecule has 190 valence electrons. The lowest BCUT2D eigenvalue weighted by Crippen LogP contribution is -2.41. The quantitative estimate of drug-likeness (QED) is 0.433. The Morgan fingerprint density at radius 3 is 2.50 bits per heavy atom. The summed E-state index contributed by atoms with van der Waals surface area (Å²) in [7, 11) is 0. The molecule has 1 N–H and O–H groups in total. The monoisotopic (exact) mass is 488 g/mol. The fourth-order valence-corrected chi connectivity index (χ4v) is 4.59. The number of nitrogens with zero attached hydrogens (tertiary/aromatic N) is 1. The third-order valence-electron chi connectivity index (χ3n) is 6.33. The molecule has 6 heteroatoms. The largest absolute Gasteiger partial charge is 0.486 e. The zero-order valence-electron chi connectivity index (χ0n) is 21.8. The van der Waals surface area contributed by atoms with Gasteiger partial charge in [0.2, 0.25) is 5.91 Å². The predicted octanol–water partition coefficient (Wildman–Crippen LogP) is 5.83. The molecule has 2 amide bonds. The Bertz CT molecular complexity index is 1210. The number of hydrogen-bond donors (Lipinski definition) is 1. The molecule has 36 heavy (non-hydrogen) atoms.